The molecule has 100 valence electrons. The standard InChI is InChI=1S/C13H20N2O3/c1-4-12(14-9-13(2,3)16)10-6-5-7-11(8-10)15(17)18/h5-8,12,14,16H,4,9H2,1-3H3. The highest BCUT2D eigenvalue weighted by atomic mass is 16.6. The Labute approximate surface area is 107 Å². The number of aliphatic hydroxyl groups is 1. The molecule has 0 aliphatic carbocycles. The maximum absolute atomic E-state index is 10.7. The van der Waals surface area contributed by atoms with Crippen LogP contribution in [0.15, 0.2) is 24.3 Å². The zero-order valence-electron chi connectivity index (χ0n) is 11.0. The van der Waals surface area contributed by atoms with Crippen molar-refractivity contribution in [3.63, 3.8) is 0 Å². The van der Waals surface area contributed by atoms with Crippen LogP contribution in [0.4, 0.5) is 5.69 Å². The van der Waals surface area contributed by atoms with Crippen LogP contribution < -0.4 is 5.32 Å². The molecule has 0 aromatic heterocycles. The van der Waals surface area contributed by atoms with Gasteiger partial charge in [-0.2, -0.15) is 0 Å². The third-order valence-corrected chi connectivity index (χ3v) is 2.67. The normalized spacial score (nSPS) is 13.3. The van der Waals surface area contributed by atoms with E-state index in [0.717, 1.165) is 12.0 Å². The van der Waals surface area contributed by atoms with E-state index in [0.29, 0.717) is 6.54 Å². The Balaban J connectivity index is 2.82. The zero-order chi connectivity index (χ0) is 13.8. The van der Waals surface area contributed by atoms with Crippen molar-refractivity contribution in [1.82, 2.24) is 5.32 Å². The van der Waals surface area contributed by atoms with Crippen molar-refractivity contribution in [2.24, 2.45) is 0 Å². The van der Waals surface area contributed by atoms with Crippen LogP contribution in [-0.4, -0.2) is 22.2 Å². The first-order valence-electron chi connectivity index (χ1n) is 6.03. The Morgan fingerprint density at radius 3 is 2.67 bits per heavy atom. The highest BCUT2D eigenvalue weighted by Crippen LogP contribution is 2.21. The van der Waals surface area contributed by atoms with E-state index in [-0.39, 0.29) is 11.7 Å². The number of non-ortho nitro benzene ring substituents is 1. The molecular formula is C13H20N2O3. The molecule has 1 rings (SSSR count). The van der Waals surface area contributed by atoms with Crippen molar-refractivity contribution in [2.45, 2.75) is 38.8 Å². The second-order valence-electron chi connectivity index (χ2n) is 5.01. The summed E-state index contributed by atoms with van der Waals surface area (Å²) >= 11 is 0. The van der Waals surface area contributed by atoms with E-state index < -0.39 is 10.5 Å². The van der Waals surface area contributed by atoms with Gasteiger partial charge < -0.3 is 10.4 Å². The molecule has 0 aliphatic heterocycles. The number of benzene rings is 1. The van der Waals surface area contributed by atoms with Crippen LogP contribution in [0.5, 0.6) is 0 Å². The molecule has 1 atom stereocenters. The fraction of sp³-hybridized carbons (Fsp3) is 0.538. The fourth-order valence-electron chi connectivity index (χ4n) is 1.73. The molecule has 0 radical (unpaired) electrons. The molecule has 0 amide bonds. The van der Waals surface area contributed by atoms with Crippen molar-refractivity contribution in [2.75, 3.05) is 6.54 Å². The van der Waals surface area contributed by atoms with Crippen LogP contribution in [-0.2, 0) is 0 Å². The monoisotopic (exact) mass is 252 g/mol. The molecule has 5 heteroatoms. The van der Waals surface area contributed by atoms with Crippen LogP contribution in [0.25, 0.3) is 0 Å². The van der Waals surface area contributed by atoms with Gasteiger partial charge in [0.2, 0.25) is 0 Å². The maximum Gasteiger partial charge on any atom is 0.269 e. The minimum Gasteiger partial charge on any atom is -0.389 e. The molecular weight excluding hydrogens is 232 g/mol. The van der Waals surface area contributed by atoms with Gasteiger partial charge in [-0.25, -0.2) is 0 Å². The highest BCUT2D eigenvalue weighted by molar-refractivity contribution is 5.35. The van der Waals surface area contributed by atoms with Crippen molar-refractivity contribution >= 4 is 5.69 Å². The average Bonchev–Trinajstić information content (AvgIpc) is 2.28. The Morgan fingerprint density at radius 2 is 2.17 bits per heavy atom. The first-order valence-corrected chi connectivity index (χ1v) is 6.03. The molecule has 0 spiro atoms. The smallest absolute Gasteiger partial charge is 0.269 e. The summed E-state index contributed by atoms with van der Waals surface area (Å²) in [5.41, 5.74) is 0.167. The number of rotatable bonds is 6. The van der Waals surface area contributed by atoms with Gasteiger partial charge in [-0.1, -0.05) is 19.1 Å². The minimum absolute atomic E-state index is 0.0105. The molecule has 0 saturated heterocycles. The number of nitrogens with one attached hydrogen (secondary N) is 1. The van der Waals surface area contributed by atoms with E-state index in [1.54, 1.807) is 26.0 Å². The van der Waals surface area contributed by atoms with Crippen LogP contribution >= 0.6 is 0 Å². The molecule has 0 bridgehead atoms. The molecule has 0 saturated carbocycles. The van der Waals surface area contributed by atoms with E-state index in [1.165, 1.54) is 6.07 Å². The van der Waals surface area contributed by atoms with Gasteiger partial charge in [0.25, 0.3) is 5.69 Å². The first-order chi connectivity index (χ1) is 8.33. The second kappa shape index (κ2) is 5.93. The summed E-state index contributed by atoms with van der Waals surface area (Å²) in [6, 6.07) is 6.61. The lowest BCUT2D eigenvalue weighted by molar-refractivity contribution is -0.384. The molecule has 5 nitrogen and oxygen atoms in total. The molecule has 0 aliphatic rings. The molecule has 0 fully saturated rings. The quantitative estimate of drug-likeness (QED) is 0.602. The highest BCUT2D eigenvalue weighted by Gasteiger charge is 2.17. The van der Waals surface area contributed by atoms with Gasteiger partial charge in [-0.3, -0.25) is 10.1 Å². The number of nitro groups is 1. The zero-order valence-corrected chi connectivity index (χ0v) is 11.0. The Morgan fingerprint density at radius 1 is 1.50 bits per heavy atom. The number of hydrogen-bond acceptors (Lipinski definition) is 4. The summed E-state index contributed by atoms with van der Waals surface area (Å²) in [7, 11) is 0. The largest absolute Gasteiger partial charge is 0.389 e. The van der Waals surface area contributed by atoms with Crippen LogP contribution in [0.1, 0.15) is 38.8 Å². The van der Waals surface area contributed by atoms with Gasteiger partial charge in [0, 0.05) is 24.7 Å². The molecule has 1 aromatic rings. The molecule has 2 N–H and O–H groups in total. The summed E-state index contributed by atoms with van der Waals surface area (Å²) in [5, 5.41) is 23.6. The lowest BCUT2D eigenvalue weighted by Gasteiger charge is -2.23. The third kappa shape index (κ3) is 4.43. The van der Waals surface area contributed by atoms with Gasteiger partial charge >= 0.3 is 0 Å². The van der Waals surface area contributed by atoms with Gasteiger partial charge in [-0.15, -0.1) is 0 Å². The predicted octanol–water partition coefficient (Wildman–Crippen LogP) is 2.41. The summed E-state index contributed by atoms with van der Waals surface area (Å²) < 4.78 is 0. The van der Waals surface area contributed by atoms with Gasteiger partial charge in [0.15, 0.2) is 0 Å². The SMILES string of the molecule is CCC(NCC(C)(C)O)c1cccc([N+](=O)[O-])c1. The van der Waals surface area contributed by atoms with Crippen molar-refractivity contribution in [3.8, 4) is 0 Å². The summed E-state index contributed by atoms with van der Waals surface area (Å²) in [6.45, 7) is 5.88. The number of nitrogens with zero attached hydrogens (tertiary/aromatic N) is 1. The summed E-state index contributed by atoms with van der Waals surface area (Å²) in [6.07, 6.45) is 0.803. The third-order valence-electron chi connectivity index (χ3n) is 2.67. The Kier molecular flexibility index (Phi) is 4.81. The van der Waals surface area contributed by atoms with E-state index in [4.69, 9.17) is 0 Å². The van der Waals surface area contributed by atoms with Gasteiger partial charge in [0.1, 0.15) is 0 Å². The minimum atomic E-state index is -0.797. The lowest BCUT2D eigenvalue weighted by Crippen LogP contribution is -2.36. The van der Waals surface area contributed by atoms with E-state index in [1.807, 2.05) is 13.0 Å². The van der Waals surface area contributed by atoms with E-state index >= 15 is 0 Å². The van der Waals surface area contributed by atoms with E-state index in [9.17, 15) is 15.2 Å². The molecule has 1 unspecified atom stereocenters. The summed E-state index contributed by atoms with van der Waals surface area (Å²) in [4.78, 5) is 10.3. The van der Waals surface area contributed by atoms with Gasteiger partial charge in [0.05, 0.1) is 10.5 Å². The molecule has 0 heterocycles. The Hall–Kier alpha value is -1.46. The van der Waals surface area contributed by atoms with Crippen molar-refractivity contribution in [1.29, 1.82) is 0 Å². The van der Waals surface area contributed by atoms with E-state index in [2.05, 4.69) is 5.32 Å². The summed E-state index contributed by atoms with van der Waals surface area (Å²) in [5.74, 6) is 0. The number of hydrogen-bond donors (Lipinski definition) is 2. The van der Waals surface area contributed by atoms with Crippen LogP contribution in [0, 0.1) is 10.1 Å². The van der Waals surface area contributed by atoms with Crippen molar-refractivity contribution < 1.29 is 10.0 Å². The molecule has 18 heavy (non-hydrogen) atoms. The fourth-order valence-corrected chi connectivity index (χ4v) is 1.73. The second-order valence-corrected chi connectivity index (χ2v) is 5.01. The van der Waals surface area contributed by atoms with Crippen LogP contribution in [0.2, 0.25) is 0 Å². The van der Waals surface area contributed by atoms with Crippen molar-refractivity contribution in [3.05, 3.63) is 39.9 Å². The Bertz CT molecular complexity index is 413. The van der Waals surface area contributed by atoms with Crippen LogP contribution in [0.3, 0.4) is 0 Å². The molecule has 1 aromatic carbocycles. The predicted molar refractivity (Wildman–Crippen MR) is 70.4 cm³/mol. The number of nitro benzene ring substituents is 1. The average molecular weight is 252 g/mol. The van der Waals surface area contributed by atoms with Gasteiger partial charge in [-0.05, 0) is 25.8 Å². The lowest BCUT2D eigenvalue weighted by atomic mass is 10.0. The first kappa shape index (κ1) is 14.6. The maximum atomic E-state index is 10.7. The topological polar surface area (TPSA) is 75.4 Å².